The lowest BCUT2D eigenvalue weighted by Crippen LogP contribution is -2.13. The van der Waals surface area contributed by atoms with E-state index in [4.69, 9.17) is 9.47 Å². The largest absolute Gasteiger partial charge is 0.490 e. The van der Waals surface area contributed by atoms with Crippen molar-refractivity contribution in [2.45, 2.75) is 32.6 Å². The molecule has 0 N–H and O–H groups in total. The van der Waals surface area contributed by atoms with Gasteiger partial charge >= 0.3 is 0 Å². The van der Waals surface area contributed by atoms with Gasteiger partial charge in [0.1, 0.15) is 5.78 Å². The van der Waals surface area contributed by atoms with Crippen LogP contribution in [-0.4, -0.2) is 19.0 Å². The molecule has 0 aromatic heterocycles. The van der Waals surface area contributed by atoms with Gasteiger partial charge < -0.3 is 9.47 Å². The lowest BCUT2D eigenvalue weighted by Gasteiger charge is -2.18. The number of carbonyl (C=O) groups is 1. The molecule has 0 saturated heterocycles. The Kier molecular flexibility index (Phi) is 3.73. The molecule has 104 valence electrons. The topological polar surface area (TPSA) is 35.5 Å². The standard InChI is InChI=1S/C14H16F2O3/c1-9(17)6-10-7-12-13(19-5-3-4-18-12)8-11(10)14(2,15)16/h7-8H,3-6H2,1-2H3. The fraction of sp³-hybridized carbons (Fsp3) is 0.500. The second-order valence-electron chi connectivity index (χ2n) is 4.77. The number of alkyl halides is 2. The number of benzene rings is 1. The third-order valence-corrected chi connectivity index (χ3v) is 2.89. The van der Waals surface area contributed by atoms with E-state index in [0.717, 1.165) is 6.92 Å². The summed E-state index contributed by atoms with van der Waals surface area (Å²) in [5.74, 6) is -2.43. The average molecular weight is 270 g/mol. The Morgan fingerprint density at radius 1 is 1.26 bits per heavy atom. The molecule has 0 atom stereocenters. The normalized spacial score (nSPS) is 14.9. The molecular weight excluding hydrogens is 254 g/mol. The third kappa shape index (κ3) is 3.22. The molecule has 0 aliphatic carbocycles. The van der Waals surface area contributed by atoms with Crippen molar-refractivity contribution < 1.29 is 23.0 Å². The highest BCUT2D eigenvalue weighted by atomic mass is 19.3. The summed E-state index contributed by atoms with van der Waals surface area (Å²) in [4.78, 5) is 11.2. The number of hydrogen-bond acceptors (Lipinski definition) is 3. The summed E-state index contributed by atoms with van der Waals surface area (Å²) in [6.45, 7) is 3.11. The van der Waals surface area contributed by atoms with E-state index in [1.165, 1.54) is 19.1 Å². The Hall–Kier alpha value is -1.65. The van der Waals surface area contributed by atoms with Crippen LogP contribution in [0.2, 0.25) is 0 Å². The van der Waals surface area contributed by atoms with Gasteiger partial charge in [-0.15, -0.1) is 0 Å². The van der Waals surface area contributed by atoms with Crippen LogP contribution < -0.4 is 9.47 Å². The Morgan fingerprint density at radius 2 is 1.84 bits per heavy atom. The SMILES string of the molecule is CC(=O)Cc1cc2c(cc1C(C)(F)F)OCCCO2. The van der Waals surface area contributed by atoms with Crippen molar-refractivity contribution in [3.05, 3.63) is 23.3 Å². The van der Waals surface area contributed by atoms with Gasteiger partial charge in [-0.2, -0.15) is 0 Å². The van der Waals surface area contributed by atoms with E-state index in [-0.39, 0.29) is 17.8 Å². The van der Waals surface area contributed by atoms with Gasteiger partial charge in [0, 0.05) is 25.3 Å². The molecule has 1 aliphatic heterocycles. The minimum atomic E-state index is -3.02. The van der Waals surface area contributed by atoms with Crippen LogP contribution in [0.5, 0.6) is 11.5 Å². The van der Waals surface area contributed by atoms with Crippen molar-refractivity contribution >= 4 is 5.78 Å². The van der Waals surface area contributed by atoms with Crippen LogP contribution >= 0.6 is 0 Å². The smallest absolute Gasteiger partial charge is 0.270 e. The number of ether oxygens (including phenoxy) is 2. The Morgan fingerprint density at radius 3 is 2.37 bits per heavy atom. The summed E-state index contributed by atoms with van der Waals surface area (Å²) in [5.41, 5.74) is 0.121. The maximum absolute atomic E-state index is 13.6. The van der Waals surface area contributed by atoms with Crippen LogP contribution in [0.4, 0.5) is 8.78 Å². The third-order valence-electron chi connectivity index (χ3n) is 2.89. The van der Waals surface area contributed by atoms with Gasteiger partial charge in [0.15, 0.2) is 11.5 Å². The molecule has 1 aliphatic rings. The Balaban J connectivity index is 2.50. The van der Waals surface area contributed by atoms with Crippen molar-refractivity contribution in [2.75, 3.05) is 13.2 Å². The number of ketones is 1. The first kappa shape index (κ1) is 13.8. The fourth-order valence-electron chi connectivity index (χ4n) is 2.07. The molecule has 1 heterocycles. The molecule has 0 radical (unpaired) electrons. The maximum Gasteiger partial charge on any atom is 0.270 e. The van der Waals surface area contributed by atoms with Crippen molar-refractivity contribution in [3.63, 3.8) is 0 Å². The first-order valence-electron chi connectivity index (χ1n) is 6.18. The molecule has 19 heavy (non-hydrogen) atoms. The van der Waals surface area contributed by atoms with E-state index < -0.39 is 5.92 Å². The van der Waals surface area contributed by atoms with Crippen molar-refractivity contribution in [1.82, 2.24) is 0 Å². The second-order valence-corrected chi connectivity index (χ2v) is 4.77. The van der Waals surface area contributed by atoms with Crippen molar-refractivity contribution in [3.8, 4) is 11.5 Å². The molecule has 0 bridgehead atoms. The van der Waals surface area contributed by atoms with Crippen LogP contribution in [-0.2, 0) is 17.1 Å². The Labute approximate surface area is 110 Å². The highest BCUT2D eigenvalue weighted by molar-refractivity contribution is 5.79. The van der Waals surface area contributed by atoms with Crippen LogP contribution in [0.15, 0.2) is 12.1 Å². The molecule has 2 rings (SSSR count). The van der Waals surface area contributed by atoms with Crippen molar-refractivity contribution in [1.29, 1.82) is 0 Å². The molecule has 0 fully saturated rings. The number of Topliss-reactive ketones (excluding diaryl/α,β-unsaturated/α-hetero) is 1. The van der Waals surface area contributed by atoms with Gasteiger partial charge in [0.2, 0.25) is 0 Å². The second kappa shape index (κ2) is 5.15. The lowest BCUT2D eigenvalue weighted by atomic mass is 9.97. The molecule has 0 amide bonds. The van der Waals surface area contributed by atoms with Gasteiger partial charge in [-0.1, -0.05) is 0 Å². The zero-order valence-corrected chi connectivity index (χ0v) is 11.0. The molecule has 0 unspecified atom stereocenters. The van der Waals surface area contributed by atoms with Crippen LogP contribution in [0.1, 0.15) is 31.4 Å². The number of fused-ring (bicyclic) bond motifs is 1. The predicted octanol–water partition coefficient (Wildman–Crippen LogP) is 3.09. The molecule has 0 saturated carbocycles. The van der Waals surface area contributed by atoms with Gasteiger partial charge in [-0.25, -0.2) is 8.78 Å². The van der Waals surface area contributed by atoms with E-state index in [2.05, 4.69) is 0 Å². The predicted molar refractivity (Wildman–Crippen MR) is 66.0 cm³/mol. The van der Waals surface area contributed by atoms with Crippen LogP contribution in [0.3, 0.4) is 0 Å². The minimum Gasteiger partial charge on any atom is -0.490 e. The molecule has 0 spiro atoms. The quantitative estimate of drug-likeness (QED) is 0.846. The summed E-state index contributed by atoms with van der Waals surface area (Å²) in [6.07, 6.45) is 0.671. The molecular formula is C14H16F2O3. The summed E-state index contributed by atoms with van der Waals surface area (Å²) < 4.78 is 38.1. The Bertz CT molecular complexity index is 492. The summed E-state index contributed by atoms with van der Waals surface area (Å²) in [7, 11) is 0. The summed E-state index contributed by atoms with van der Waals surface area (Å²) in [5, 5.41) is 0. The fourth-order valence-corrected chi connectivity index (χ4v) is 2.07. The van der Waals surface area contributed by atoms with E-state index in [0.29, 0.717) is 36.7 Å². The average Bonchev–Trinajstić information content (AvgIpc) is 2.50. The minimum absolute atomic E-state index is 0.0323. The number of rotatable bonds is 3. The van der Waals surface area contributed by atoms with E-state index >= 15 is 0 Å². The highest BCUT2D eigenvalue weighted by Gasteiger charge is 2.30. The molecule has 1 aromatic carbocycles. The van der Waals surface area contributed by atoms with E-state index in [1.54, 1.807) is 0 Å². The lowest BCUT2D eigenvalue weighted by molar-refractivity contribution is -0.116. The monoisotopic (exact) mass is 270 g/mol. The zero-order valence-electron chi connectivity index (χ0n) is 11.0. The molecule has 3 nitrogen and oxygen atoms in total. The summed E-state index contributed by atoms with van der Waals surface area (Å²) in [6, 6.07) is 2.79. The van der Waals surface area contributed by atoms with Crippen molar-refractivity contribution in [2.24, 2.45) is 0 Å². The summed E-state index contributed by atoms with van der Waals surface area (Å²) >= 11 is 0. The number of halogens is 2. The molecule has 5 heteroatoms. The van der Waals surface area contributed by atoms with Gasteiger partial charge in [-0.3, -0.25) is 4.79 Å². The van der Waals surface area contributed by atoms with Gasteiger partial charge in [0.05, 0.1) is 13.2 Å². The van der Waals surface area contributed by atoms with Crippen LogP contribution in [0.25, 0.3) is 0 Å². The number of carbonyl (C=O) groups excluding carboxylic acids is 1. The van der Waals surface area contributed by atoms with Gasteiger partial charge in [-0.05, 0) is 24.6 Å². The van der Waals surface area contributed by atoms with Crippen LogP contribution in [0, 0.1) is 0 Å². The first-order valence-corrected chi connectivity index (χ1v) is 6.18. The zero-order chi connectivity index (χ0) is 14.0. The molecule has 1 aromatic rings. The first-order chi connectivity index (χ1) is 8.88. The van der Waals surface area contributed by atoms with E-state index in [9.17, 15) is 13.6 Å². The van der Waals surface area contributed by atoms with E-state index in [1.807, 2.05) is 0 Å². The maximum atomic E-state index is 13.6. The number of hydrogen-bond donors (Lipinski definition) is 0. The van der Waals surface area contributed by atoms with Gasteiger partial charge in [0.25, 0.3) is 5.92 Å². The highest BCUT2D eigenvalue weighted by Crippen LogP contribution is 2.39.